The number of halogens is 1. The average molecular weight is 341 g/mol. The van der Waals surface area contributed by atoms with Gasteiger partial charge in [0.05, 0.1) is 30.5 Å². The van der Waals surface area contributed by atoms with Gasteiger partial charge in [0.2, 0.25) is 5.95 Å². The van der Waals surface area contributed by atoms with Gasteiger partial charge in [-0.05, 0) is 18.6 Å². The molecule has 1 unspecified atom stereocenters. The average Bonchev–Trinajstić information content (AvgIpc) is 2.67. The van der Waals surface area contributed by atoms with Gasteiger partial charge in [-0.25, -0.2) is 9.37 Å². The summed E-state index contributed by atoms with van der Waals surface area (Å²) in [5, 5.41) is 11.8. The summed E-state index contributed by atoms with van der Waals surface area (Å²) < 4.78 is 19.5. The van der Waals surface area contributed by atoms with Gasteiger partial charge in [0.15, 0.2) is 0 Å². The van der Waals surface area contributed by atoms with Crippen LogP contribution in [0.5, 0.6) is 0 Å². The van der Waals surface area contributed by atoms with Crippen molar-refractivity contribution in [2.75, 3.05) is 37.0 Å². The Bertz CT molecular complexity index is 805. The van der Waals surface area contributed by atoms with Crippen LogP contribution in [0.1, 0.15) is 18.9 Å². The lowest BCUT2D eigenvalue weighted by Crippen LogP contribution is -2.45. The van der Waals surface area contributed by atoms with Crippen LogP contribution < -0.4 is 10.2 Å². The molecule has 0 aliphatic carbocycles. The van der Waals surface area contributed by atoms with E-state index in [1.54, 1.807) is 13.1 Å². The number of benzene rings is 1. The third kappa shape index (κ3) is 3.54. The molecule has 3 rings (SSSR count). The van der Waals surface area contributed by atoms with Crippen LogP contribution in [0.3, 0.4) is 0 Å². The number of nitrogens with one attached hydrogen (secondary N) is 1. The van der Waals surface area contributed by atoms with Gasteiger partial charge in [-0.1, -0.05) is 13.0 Å². The highest BCUT2D eigenvalue weighted by Crippen LogP contribution is 2.27. The molecule has 0 saturated carbocycles. The summed E-state index contributed by atoms with van der Waals surface area (Å²) in [6.45, 7) is 4.18. The third-order valence-electron chi connectivity index (χ3n) is 4.31. The van der Waals surface area contributed by atoms with Crippen molar-refractivity contribution in [3.05, 3.63) is 35.6 Å². The Morgan fingerprint density at radius 1 is 1.40 bits per heavy atom. The Labute approximate surface area is 146 Å². The molecule has 25 heavy (non-hydrogen) atoms. The highest BCUT2D eigenvalue weighted by atomic mass is 19.1. The zero-order valence-electron chi connectivity index (χ0n) is 14.3. The molecular formula is C18H20FN5O. The monoisotopic (exact) mass is 341 g/mol. The van der Waals surface area contributed by atoms with E-state index < -0.39 is 5.82 Å². The molecule has 0 amide bonds. The van der Waals surface area contributed by atoms with Crippen molar-refractivity contribution in [3.63, 3.8) is 0 Å². The first-order valence-corrected chi connectivity index (χ1v) is 8.27. The van der Waals surface area contributed by atoms with E-state index in [0.29, 0.717) is 30.4 Å². The predicted octanol–water partition coefficient (Wildman–Crippen LogP) is 2.81. The fourth-order valence-corrected chi connectivity index (χ4v) is 2.90. The normalized spacial score (nSPS) is 17.2. The maximum absolute atomic E-state index is 14.0. The largest absolute Gasteiger partial charge is 0.377 e. The van der Waals surface area contributed by atoms with Crippen LogP contribution >= 0.6 is 0 Å². The second-order valence-electron chi connectivity index (χ2n) is 5.82. The Balaban J connectivity index is 2.03. The first-order chi connectivity index (χ1) is 12.2. The van der Waals surface area contributed by atoms with Crippen molar-refractivity contribution in [2.45, 2.75) is 19.4 Å². The van der Waals surface area contributed by atoms with Crippen molar-refractivity contribution in [1.29, 1.82) is 5.26 Å². The Morgan fingerprint density at radius 2 is 2.24 bits per heavy atom. The van der Waals surface area contributed by atoms with Crippen molar-refractivity contribution < 1.29 is 9.13 Å². The van der Waals surface area contributed by atoms with E-state index in [-0.39, 0.29) is 11.6 Å². The van der Waals surface area contributed by atoms with Gasteiger partial charge in [0.1, 0.15) is 17.7 Å². The van der Waals surface area contributed by atoms with Gasteiger partial charge < -0.3 is 15.0 Å². The van der Waals surface area contributed by atoms with E-state index >= 15 is 0 Å². The number of anilines is 2. The summed E-state index contributed by atoms with van der Waals surface area (Å²) in [4.78, 5) is 11.2. The Hall–Kier alpha value is -2.72. The highest BCUT2D eigenvalue weighted by Gasteiger charge is 2.24. The lowest BCUT2D eigenvalue weighted by atomic mass is 10.1. The standard InChI is InChI=1S/C18H20FN5O/c1-3-14-11-25-7-6-24(14)17-9-16(22-18(21-2)23-17)12-4-5-13(10-20)15(19)8-12/h4-5,8-9,14H,3,6-7,11H2,1-2H3,(H,21,22,23). The number of nitriles is 1. The molecule has 1 aliphatic heterocycles. The molecular weight excluding hydrogens is 321 g/mol. The summed E-state index contributed by atoms with van der Waals surface area (Å²) in [5.41, 5.74) is 1.24. The topological polar surface area (TPSA) is 74.1 Å². The molecule has 1 fully saturated rings. The number of ether oxygens (including phenoxy) is 1. The Kier molecular flexibility index (Phi) is 5.10. The molecule has 1 aliphatic rings. The zero-order valence-corrected chi connectivity index (χ0v) is 14.3. The van der Waals surface area contributed by atoms with Crippen molar-refractivity contribution in [3.8, 4) is 17.3 Å². The number of hydrogen-bond acceptors (Lipinski definition) is 6. The summed E-state index contributed by atoms with van der Waals surface area (Å²) in [5.74, 6) is 0.705. The van der Waals surface area contributed by atoms with Gasteiger partial charge in [0, 0.05) is 25.2 Å². The second kappa shape index (κ2) is 7.45. The predicted molar refractivity (Wildman–Crippen MR) is 93.9 cm³/mol. The van der Waals surface area contributed by atoms with E-state index in [2.05, 4.69) is 27.1 Å². The van der Waals surface area contributed by atoms with Crippen LogP contribution in [-0.4, -0.2) is 42.8 Å². The van der Waals surface area contributed by atoms with Crippen molar-refractivity contribution >= 4 is 11.8 Å². The lowest BCUT2D eigenvalue weighted by molar-refractivity contribution is 0.0926. The van der Waals surface area contributed by atoms with Crippen LogP contribution in [0.4, 0.5) is 16.2 Å². The molecule has 1 N–H and O–H groups in total. The number of hydrogen-bond donors (Lipinski definition) is 1. The zero-order chi connectivity index (χ0) is 17.8. The molecule has 0 spiro atoms. The van der Waals surface area contributed by atoms with Crippen LogP contribution in [-0.2, 0) is 4.74 Å². The second-order valence-corrected chi connectivity index (χ2v) is 5.82. The summed E-state index contributed by atoms with van der Waals surface area (Å²) in [7, 11) is 1.75. The molecule has 130 valence electrons. The molecule has 0 radical (unpaired) electrons. The lowest BCUT2D eigenvalue weighted by Gasteiger charge is -2.36. The number of aromatic nitrogens is 2. The van der Waals surface area contributed by atoms with Crippen molar-refractivity contribution in [2.24, 2.45) is 0 Å². The number of rotatable bonds is 4. The number of morpholine rings is 1. The fraction of sp³-hybridized carbons (Fsp3) is 0.389. The summed E-state index contributed by atoms with van der Waals surface area (Å²) in [6.07, 6.45) is 0.944. The van der Waals surface area contributed by atoms with Gasteiger partial charge in [-0.15, -0.1) is 0 Å². The minimum atomic E-state index is -0.552. The van der Waals surface area contributed by atoms with Crippen LogP contribution in [0.15, 0.2) is 24.3 Å². The molecule has 6 nitrogen and oxygen atoms in total. The molecule has 1 aromatic carbocycles. The van der Waals surface area contributed by atoms with E-state index in [0.717, 1.165) is 18.8 Å². The van der Waals surface area contributed by atoms with E-state index in [1.165, 1.54) is 12.1 Å². The smallest absolute Gasteiger partial charge is 0.224 e. The van der Waals surface area contributed by atoms with Crippen LogP contribution in [0.25, 0.3) is 11.3 Å². The maximum atomic E-state index is 14.0. The molecule has 7 heteroatoms. The SMILES string of the molecule is CCC1COCCN1c1cc(-c2ccc(C#N)c(F)c2)nc(NC)n1. The van der Waals surface area contributed by atoms with Crippen LogP contribution in [0.2, 0.25) is 0 Å². The molecule has 2 aromatic rings. The molecule has 1 saturated heterocycles. The van der Waals surface area contributed by atoms with Gasteiger partial charge in [-0.2, -0.15) is 10.2 Å². The van der Waals surface area contributed by atoms with Gasteiger partial charge in [0.25, 0.3) is 0 Å². The van der Waals surface area contributed by atoms with Gasteiger partial charge >= 0.3 is 0 Å². The minimum Gasteiger partial charge on any atom is -0.377 e. The quantitative estimate of drug-likeness (QED) is 0.922. The van der Waals surface area contributed by atoms with Crippen molar-refractivity contribution in [1.82, 2.24) is 9.97 Å². The maximum Gasteiger partial charge on any atom is 0.224 e. The molecule has 0 bridgehead atoms. The minimum absolute atomic E-state index is 0.0195. The highest BCUT2D eigenvalue weighted by molar-refractivity contribution is 5.66. The molecule has 1 atom stereocenters. The summed E-state index contributed by atoms with van der Waals surface area (Å²) in [6, 6.07) is 8.44. The van der Waals surface area contributed by atoms with E-state index in [1.807, 2.05) is 12.1 Å². The van der Waals surface area contributed by atoms with E-state index in [9.17, 15) is 4.39 Å². The Morgan fingerprint density at radius 3 is 2.92 bits per heavy atom. The first kappa shape index (κ1) is 17.1. The third-order valence-corrected chi connectivity index (χ3v) is 4.31. The van der Waals surface area contributed by atoms with Gasteiger partial charge in [-0.3, -0.25) is 0 Å². The molecule has 2 heterocycles. The first-order valence-electron chi connectivity index (χ1n) is 8.27. The van der Waals surface area contributed by atoms with E-state index in [4.69, 9.17) is 10.00 Å². The van der Waals surface area contributed by atoms with Crippen LogP contribution in [0, 0.1) is 17.1 Å². The summed E-state index contributed by atoms with van der Waals surface area (Å²) >= 11 is 0. The fourth-order valence-electron chi connectivity index (χ4n) is 2.90. The number of nitrogens with zero attached hydrogens (tertiary/aromatic N) is 4. The molecule has 1 aromatic heterocycles.